The van der Waals surface area contributed by atoms with Crippen molar-refractivity contribution < 1.29 is 0 Å². The van der Waals surface area contributed by atoms with E-state index in [9.17, 15) is 0 Å². The van der Waals surface area contributed by atoms with Gasteiger partial charge < -0.3 is 0 Å². The van der Waals surface area contributed by atoms with Crippen LogP contribution >= 0.6 is 28.1 Å². The largest absolute Gasteiger partial charge is 0.250 e. The Morgan fingerprint density at radius 3 is 2.61 bits per heavy atom. The highest BCUT2D eigenvalue weighted by atomic mass is 79.9. The van der Waals surface area contributed by atoms with E-state index >= 15 is 0 Å². The van der Waals surface area contributed by atoms with Gasteiger partial charge in [0.25, 0.3) is 0 Å². The van der Waals surface area contributed by atoms with Crippen molar-refractivity contribution in [2.75, 3.05) is 0 Å². The molecule has 0 unspecified atom stereocenters. The van der Waals surface area contributed by atoms with E-state index in [2.05, 4.69) is 31.2 Å². The molecule has 1 heterocycles. The Hall–Kier alpha value is -2.31. The average Bonchev–Trinajstić information content (AvgIpc) is 2.94. The standard InChI is InChI=1S/C17H13BrN4S/c18-15-11-5-4-10-14(15)16-20-21-17(23)22(16)19-12-6-9-13-7-2-1-3-8-13/h1-12H,(H,21,23). The van der Waals surface area contributed by atoms with E-state index in [0.717, 1.165) is 15.6 Å². The van der Waals surface area contributed by atoms with Crippen molar-refractivity contribution in [3.8, 4) is 11.4 Å². The smallest absolute Gasteiger partial charge is 0.216 e. The fourth-order valence-electron chi connectivity index (χ4n) is 2.04. The molecule has 4 nitrogen and oxygen atoms in total. The van der Waals surface area contributed by atoms with Gasteiger partial charge in [-0.15, -0.1) is 0 Å². The van der Waals surface area contributed by atoms with E-state index < -0.39 is 0 Å². The second-order valence-corrected chi connectivity index (χ2v) is 5.92. The Balaban J connectivity index is 1.88. The number of nitrogens with zero attached hydrogens (tertiary/aromatic N) is 3. The van der Waals surface area contributed by atoms with Crippen LogP contribution in [0.25, 0.3) is 17.5 Å². The molecule has 0 fully saturated rings. The molecular formula is C17H13BrN4S. The van der Waals surface area contributed by atoms with E-state index in [4.69, 9.17) is 12.2 Å². The zero-order chi connectivity index (χ0) is 16.1. The summed E-state index contributed by atoms with van der Waals surface area (Å²) in [6, 6.07) is 17.8. The first-order valence-corrected chi connectivity index (χ1v) is 8.14. The van der Waals surface area contributed by atoms with Crippen molar-refractivity contribution in [2.45, 2.75) is 0 Å². The van der Waals surface area contributed by atoms with Crippen LogP contribution in [-0.4, -0.2) is 21.1 Å². The lowest BCUT2D eigenvalue weighted by Gasteiger charge is -2.02. The number of halogens is 1. The number of hydrogen-bond donors (Lipinski definition) is 1. The second-order valence-electron chi connectivity index (χ2n) is 4.68. The Morgan fingerprint density at radius 1 is 1.09 bits per heavy atom. The Bertz CT molecular complexity index is 910. The van der Waals surface area contributed by atoms with Crippen LogP contribution < -0.4 is 0 Å². The zero-order valence-corrected chi connectivity index (χ0v) is 14.5. The molecule has 0 atom stereocenters. The lowest BCUT2D eigenvalue weighted by Crippen LogP contribution is -1.94. The normalized spacial score (nSPS) is 11.5. The third-order valence-corrected chi connectivity index (χ3v) is 4.08. The van der Waals surface area contributed by atoms with E-state index in [0.29, 0.717) is 10.6 Å². The van der Waals surface area contributed by atoms with Crippen molar-refractivity contribution in [1.82, 2.24) is 14.9 Å². The van der Waals surface area contributed by atoms with Gasteiger partial charge in [-0.1, -0.05) is 64.5 Å². The van der Waals surface area contributed by atoms with Gasteiger partial charge in [0.1, 0.15) is 0 Å². The highest BCUT2D eigenvalue weighted by Gasteiger charge is 2.10. The van der Waals surface area contributed by atoms with Crippen LogP contribution in [0.1, 0.15) is 5.56 Å². The maximum Gasteiger partial charge on any atom is 0.216 e. The van der Waals surface area contributed by atoms with E-state index in [1.807, 2.05) is 66.7 Å². The first-order chi connectivity index (χ1) is 11.3. The molecule has 0 spiro atoms. The van der Waals surface area contributed by atoms with Crippen molar-refractivity contribution in [2.24, 2.45) is 5.10 Å². The van der Waals surface area contributed by atoms with Gasteiger partial charge in [0.05, 0.1) is 0 Å². The quantitative estimate of drug-likeness (QED) is 0.512. The summed E-state index contributed by atoms with van der Waals surface area (Å²) < 4.78 is 2.98. The number of H-pyrrole nitrogens is 1. The number of aromatic nitrogens is 3. The van der Waals surface area contributed by atoms with Gasteiger partial charge in [-0.25, -0.2) is 5.10 Å². The van der Waals surface area contributed by atoms with Crippen molar-refractivity contribution in [3.05, 3.63) is 75.5 Å². The molecule has 0 amide bonds. The molecule has 3 rings (SSSR count). The minimum atomic E-state index is 0.445. The number of hydrogen-bond acceptors (Lipinski definition) is 3. The first kappa shape index (κ1) is 15.6. The molecule has 0 saturated heterocycles. The predicted molar refractivity (Wildman–Crippen MR) is 99.9 cm³/mol. The molecular weight excluding hydrogens is 372 g/mol. The first-order valence-electron chi connectivity index (χ1n) is 6.94. The minimum absolute atomic E-state index is 0.445. The summed E-state index contributed by atoms with van der Waals surface area (Å²) in [6.07, 6.45) is 5.54. The molecule has 1 aromatic heterocycles. The summed E-state index contributed by atoms with van der Waals surface area (Å²) in [5.74, 6) is 0.659. The lowest BCUT2D eigenvalue weighted by molar-refractivity contribution is 0.872. The van der Waals surface area contributed by atoms with Crippen LogP contribution in [0.4, 0.5) is 0 Å². The second kappa shape index (κ2) is 7.30. The summed E-state index contributed by atoms with van der Waals surface area (Å²) in [5.41, 5.74) is 2.03. The lowest BCUT2D eigenvalue weighted by atomic mass is 10.2. The number of allylic oxidation sites excluding steroid dienone is 1. The Labute approximate surface area is 147 Å². The molecule has 1 N–H and O–H groups in total. The van der Waals surface area contributed by atoms with Crippen molar-refractivity contribution in [1.29, 1.82) is 0 Å². The summed E-state index contributed by atoms with van der Waals surface area (Å²) >= 11 is 8.77. The van der Waals surface area contributed by atoms with Crippen molar-refractivity contribution in [3.63, 3.8) is 0 Å². The van der Waals surface area contributed by atoms with Crippen LogP contribution in [0.2, 0.25) is 0 Å². The van der Waals surface area contributed by atoms with Crippen LogP contribution in [0.15, 0.2) is 70.2 Å². The molecule has 0 bridgehead atoms. The molecule has 0 aliphatic rings. The summed E-state index contributed by atoms with van der Waals surface area (Å²) in [4.78, 5) is 0. The molecule has 6 heteroatoms. The van der Waals surface area contributed by atoms with E-state index in [1.54, 1.807) is 10.9 Å². The van der Waals surface area contributed by atoms with Gasteiger partial charge in [0.15, 0.2) is 5.82 Å². The Morgan fingerprint density at radius 2 is 1.83 bits per heavy atom. The van der Waals surface area contributed by atoms with Crippen LogP contribution in [0.5, 0.6) is 0 Å². The van der Waals surface area contributed by atoms with E-state index in [1.165, 1.54) is 0 Å². The van der Waals surface area contributed by atoms with E-state index in [-0.39, 0.29) is 0 Å². The highest BCUT2D eigenvalue weighted by Crippen LogP contribution is 2.26. The summed E-state index contributed by atoms with van der Waals surface area (Å²) in [7, 11) is 0. The van der Waals surface area contributed by atoms with Gasteiger partial charge >= 0.3 is 0 Å². The molecule has 0 radical (unpaired) electrons. The molecule has 0 aliphatic heterocycles. The molecule has 114 valence electrons. The SMILES string of the molecule is S=c1[nH]nc(-c2ccccc2Br)n1N=CC=Cc1ccccc1. The van der Waals surface area contributed by atoms with Crippen LogP contribution in [0, 0.1) is 4.77 Å². The molecule has 0 saturated carbocycles. The van der Waals surface area contributed by atoms with Crippen LogP contribution in [0.3, 0.4) is 0 Å². The highest BCUT2D eigenvalue weighted by molar-refractivity contribution is 9.10. The van der Waals surface area contributed by atoms with Gasteiger partial charge in [-0.2, -0.15) is 14.9 Å². The van der Waals surface area contributed by atoms with Crippen LogP contribution in [-0.2, 0) is 0 Å². The zero-order valence-electron chi connectivity index (χ0n) is 12.1. The van der Waals surface area contributed by atoms with Gasteiger partial charge in [-0.05, 0) is 36.0 Å². The molecule has 23 heavy (non-hydrogen) atoms. The molecule has 3 aromatic rings. The third kappa shape index (κ3) is 3.72. The number of rotatable bonds is 4. The molecule has 0 aliphatic carbocycles. The summed E-state index contributed by atoms with van der Waals surface area (Å²) in [5, 5.41) is 11.4. The van der Waals surface area contributed by atoms with Gasteiger partial charge in [-0.3, -0.25) is 0 Å². The topological polar surface area (TPSA) is 46.0 Å². The molecule has 2 aromatic carbocycles. The fourth-order valence-corrected chi connectivity index (χ4v) is 2.68. The number of nitrogens with one attached hydrogen (secondary N) is 1. The maximum absolute atomic E-state index is 5.25. The monoisotopic (exact) mass is 384 g/mol. The number of benzene rings is 2. The minimum Gasteiger partial charge on any atom is -0.250 e. The maximum atomic E-state index is 5.25. The summed E-state index contributed by atoms with van der Waals surface area (Å²) in [6.45, 7) is 0. The third-order valence-electron chi connectivity index (χ3n) is 3.12. The predicted octanol–water partition coefficient (Wildman–Crippen LogP) is 4.92. The Kier molecular flexibility index (Phi) is 4.95. The van der Waals surface area contributed by atoms with Gasteiger partial charge in [0, 0.05) is 16.3 Å². The average molecular weight is 385 g/mol. The fraction of sp³-hybridized carbons (Fsp3) is 0. The van der Waals surface area contributed by atoms with Gasteiger partial charge in [0.2, 0.25) is 4.77 Å². The number of aromatic amines is 1. The van der Waals surface area contributed by atoms with Crippen molar-refractivity contribution >= 4 is 40.4 Å².